The number of hydrogen-bond acceptors (Lipinski definition) is 2. The lowest BCUT2D eigenvalue weighted by molar-refractivity contribution is 0.0932. The molecule has 3 atom stereocenters. The van der Waals surface area contributed by atoms with Gasteiger partial charge in [-0.3, -0.25) is 0 Å². The van der Waals surface area contributed by atoms with Gasteiger partial charge in [0.15, 0.2) is 0 Å². The van der Waals surface area contributed by atoms with Crippen LogP contribution < -0.4 is 0 Å². The molecule has 0 aromatic heterocycles. The van der Waals surface area contributed by atoms with Crippen molar-refractivity contribution in [1.29, 1.82) is 5.26 Å². The molecule has 16 heavy (non-hydrogen) atoms. The van der Waals surface area contributed by atoms with E-state index in [0.717, 1.165) is 5.56 Å². The van der Waals surface area contributed by atoms with Gasteiger partial charge in [0.1, 0.15) is 0 Å². The largest absolute Gasteiger partial charge is 0.387 e. The van der Waals surface area contributed by atoms with Gasteiger partial charge in [-0.2, -0.15) is 5.26 Å². The standard InChI is InChI=1S/C14H19NO/c1-10(2)11(3)13(9-15)14(16)12-7-5-4-6-8-12/h4-8,10-11,13-14,16H,1-3H3. The Balaban J connectivity index is 2.87. The predicted octanol–water partition coefficient (Wildman–Crippen LogP) is 3.15. The second-order valence-electron chi connectivity index (χ2n) is 4.61. The Labute approximate surface area is 97.5 Å². The first-order valence-electron chi connectivity index (χ1n) is 5.70. The van der Waals surface area contributed by atoms with Gasteiger partial charge in [0.25, 0.3) is 0 Å². The summed E-state index contributed by atoms with van der Waals surface area (Å²) in [5.74, 6) is 0.227. The Bertz CT molecular complexity index is 353. The van der Waals surface area contributed by atoms with E-state index in [4.69, 9.17) is 5.26 Å². The molecule has 0 aliphatic rings. The van der Waals surface area contributed by atoms with Crippen LogP contribution in [0.15, 0.2) is 30.3 Å². The van der Waals surface area contributed by atoms with Gasteiger partial charge in [0.05, 0.1) is 18.1 Å². The lowest BCUT2D eigenvalue weighted by atomic mass is 9.80. The molecule has 0 bridgehead atoms. The summed E-state index contributed by atoms with van der Waals surface area (Å²) in [7, 11) is 0. The van der Waals surface area contributed by atoms with E-state index in [9.17, 15) is 5.11 Å². The minimum atomic E-state index is -0.691. The number of aliphatic hydroxyl groups excluding tert-OH is 1. The maximum absolute atomic E-state index is 10.2. The molecule has 0 fully saturated rings. The van der Waals surface area contributed by atoms with E-state index >= 15 is 0 Å². The van der Waals surface area contributed by atoms with E-state index in [-0.39, 0.29) is 11.8 Å². The Hall–Kier alpha value is -1.33. The van der Waals surface area contributed by atoms with Gasteiger partial charge in [0, 0.05) is 0 Å². The number of rotatable bonds is 4. The zero-order valence-electron chi connectivity index (χ0n) is 10.1. The first-order chi connectivity index (χ1) is 7.57. The van der Waals surface area contributed by atoms with Crippen molar-refractivity contribution in [3.8, 4) is 6.07 Å². The molecule has 0 spiro atoms. The van der Waals surface area contributed by atoms with Gasteiger partial charge in [0.2, 0.25) is 0 Å². The van der Waals surface area contributed by atoms with Crippen molar-refractivity contribution in [2.45, 2.75) is 26.9 Å². The third-order valence-corrected chi connectivity index (χ3v) is 3.25. The highest BCUT2D eigenvalue weighted by molar-refractivity contribution is 5.20. The molecular weight excluding hydrogens is 198 g/mol. The monoisotopic (exact) mass is 217 g/mol. The second kappa shape index (κ2) is 5.67. The van der Waals surface area contributed by atoms with Gasteiger partial charge >= 0.3 is 0 Å². The quantitative estimate of drug-likeness (QED) is 0.842. The fraction of sp³-hybridized carbons (Fsp3) is 0.500. The maximum Gasteiger partial charge on any atom is 0.0950 e. The van der Waals surface area contributed by atoms with E-state index in [1.165, 1.54) is 0 Å². The zero-order valence-corrected chi connectivity index (χ0v) is 10.1. The normalized spacial score (nSPS) is 16.5. The summed E-state index contributed by atoms with van der Waals surface area (Å²) < 4.78 is 0. The average molecular weight is 217 g/mol. The highest BCUT2D eigenvalue weighted by atomic mass is 16.3. The number of benzene rings is 1. The Morgan fingerprint density at radius 1 is 1.12 bits per heavy atom. The smallest absolute Gasteiger partial charge is 0.0950 e. The minimum Gasteiger partial charge on any atom is -0.387 e. The summed E-state index contributed by atoms with van der Waals surface area (Å²) in [6.45, 7) is 6.17. The second-order valence-corrected chi connectivity index (χ2v) is 4.61. The molecule has 0 saturated carbocycles. The molecular formula is C14H19NO. The fourth-order valence-corrected chi connectivity index (χ4v) is 1.75. The number of nitrogens with zero attached hydrogens (tertiary/aromatic N) is 1. The lowest BCUT2D eigenvalue weighted by Crippen LogP contribution is -2.22. The van der Waals surface area contributed by atoms with Crippen molar-refractivity contribution in [3.63, 3.8) is 0 Å². The van der Waals surface area contributed by atoms with Crippen LogP contribution in [0, 0.1) is 29.1 Å². The maximum atomic E-state index is 10.2. The van der Waals surface area contributed by atoms with Crippen LogP contribution in [0.4, 0.5) is 0 Å². The van der Waals surface area contributed by atoms with Gasteiger partial charge in [-0.1, -0.05) is 51.1 Å². The Morgan fingerprint density at radius 3 is 2.12 bits per heavy atom. The van der Waals surface area contributed by atoms with E-state index in [2.05, 4.69) is 19.9 Å². The molecule has 1 N–H and O–H groups in total. The molecule has 0 saturated heterocycles. The van der Waals surface area contributed by atoms with Gasteiger partial charge in [-0.15, -0.1) is 0 Å². The highest BCUT2D eigenvalue weighted by Crippen LogP contribution is 2.31. The lowest BCUT2D eigenvalue weighted by Gasteiger charge is -2.25. The Morgan fingerprint density at radius 2 is 1.69 bits per heavy atom. The third kappa shape index (κ3) is 2.84. The summed E-state index contributed by atoms with van der Waals surface area (Å²) in [6, 6.07) is 11.6. The van der Waals surface area contributed by atoms with E-state index in [1.54, 1.807) is 0 Å². The van der Waals surface area contributed by atoms with Crippen molar-refractivity contribution in [1.82, 2.24) is 0 Å². The summed E-state index contributed by atoms with van der Waals surface area (Å²) >= 11 is 0. The van der Waals surface area contributed by atoms with Crippen LogP contribution in [0.2, 0.25) is 0 Å². The van der Waals surface area contributed by atoms with Crippen molar-refractivity contribution >= 4 is 0 Å². The number of aliphatic hydroxyl groups is 1. The van der Waals surface area contributed by atoms with E-state index < -0.39 is 6.10 Å². The van der Waals surface area contributed by atoms with Crippen LogP contribution in [-0.2, 0) is 0 Å². The molecule has 0 aliphatic carbocycles. The molecule has 2 heteroatoms. The van der Waals surface area contributed by atoms with Crippen molar-refractivity contribution < 1.29 is 5.11 Å². The molecule has 86 valence electrons. The van der Waals surface area contributed by atoms with Crippen LogP contribution in [0.25, 0.3) is 0 Å². The molecule has 0 aliphatic heterocycles. The average Bonchev–Trinajstić information content (AvgIpc) is 2.30. The molecule has 3 unspecified atom stereocenters. The first-order valence-corrected chi connectivity index (χ1v) is 5.70. The van der Waals surface area contributed by atoms with E-state index in [0.29, 0.717) is 5.92 Å². The van der Waals surface area contributed by atoms with Crippen LogP contribution in [0.3, 0.4) is 0 Å². The molecule has 1 aromatic rings. The van der Waals surface area contributed by atoms with Crippen LogP contribution in [-0.4, -0.2) is 5.11 Å². The fourth-order valence-electron chi connectivity index (χ4n) is 1.75. The number of hydrogen-bond donors (Lipinski definition) is 1. The summed E-state index contributed by atoms with van der Waals surface area (Å²) in [6.07, 6.45) is -0.691. The third-order valence-electron chi connectivity index (χ3n) is 3.25. The van der Waals surface area contributed by atoms with Gasteiger partial charge in [-0.05, 0) is 17.4 Å². The summed E-state index contributed by atoms with van der Waals surface area (Å²) in [5.41, 5.74) is 0.821. The molecule has 0 amide bonds. The predicted molar refractivity (Wildman–Crippen MR) is 64.5 cm³/mol. The minimum absolute atomic E-state index is 0.181. The van der Waals surface area contributed by atoms with Gasteiger partial charge in [-0.25, -0.2) is 0 Å². The zero-order chi connectivity index (χ0) is 12.1. The molecule has 1 rings (SSSR count). The van der Waals surface area contributed by atoms with Crippen LogP contribution in [0.1, 0.15) is 32.4 Å². The molecule has 1 aromatic carbocycles. The van der Waals surface area contributed by atoms with E-state index in [1.807, 2.05) is 37.3 Å². The van der Waals surface area contributed by atoms with Crippen LogP contribution >= 0.6 is 0 Å². The molecule has 0 heterocycles. The summed E-state index contributed by atoms with van der Waals surface area (Å²) in [4.78, 5) is 0. The van der Waals surface area contributed by atoms with Crippen LogP contribution in [0.5, 0.6) is 0 Å². The first kappa shape index (κ1) is 12.7. The molecule has 2 nitrogen and oxygen atoms in total. The Kier molecular flexibility index (Phi) is 4.52. The summed E-state index contributed by atoms with van der Waals surface area (Å²) in [5, 5.41) is 19.3. The van der Waals surface area contributed by atoms with Crippen molar-refractivity contribution in [2.75, 3.05) is 0 Å². The molecule has 0 radical (unpaired) electrons. The highest BCUT2D eigenvalue weighted by Gasteiger charge is 2.28. The van der Waals surface area contributed by atoms with Gasteiger partial charge < -0.3 is 5.11 Å². The SMILES string of the molecule is CC(C)C(C)C(C#N)C(O)c1ccccc1. The number of nitriles is 1. The van der Waals surface area contributed by atoms with Crippen molar-refractivity contribution in [2.24, 2.45) is 17.8 Å². The van der Waals surface area contributed by atoms with Crippen molar-refractivity contribution in [3.05, 3.63) is 35.9 Å². The topological polar surface area (TPSA) is 44.0 Å².